The molecule has 0 radical (unpaired) electrons. The molecular weight excluding hydrogens is 361 g/mol. The standard InChI is InChI=1S/C13H8INO4/c14-10-3-1-9(2-4-10)12(16)7-5-11-6-8-13(19-11)15(17)18/h1-8H. The highest BCUT2D eigenvalue weighted by Crippen LogP contribution is 2.17. The van der Waals surface area contributed by atoms with Crippen LogP contribution in [0, 0.1) is 13.7 Å². The molecule has 0 unspecified atom stereocenters. The van der Waals surface area contributed by atoms with Gasteiger partial charge in [-0.1, -0.05) is 12.1 Å². The molecule has 19 heavy (non-hydrogen) atoms. The minimum absolute atomic E-state index is 0.185. The van der Waals surface area contributed by atoms with Gasteiger partial charge in [-0.05, 0) is 52.9 Å². The van der Waals surface area contributed by atoms with Gasteiger partial charge in [-0.15, -0.1) is 0 Å². The number of nitro groups is 1. The van der Waals surface area contributed by atoms with Crippen molar-refractivity contribution in [3.05, 3.63) is 67.5 Å². The maximum atomic E-state index is 11.8. The molecule has 0 aliphatic carbocycles. The van der Waals surface area contributed by atoms with Crippen LogP contribution in [0.2, 0.25) is 0 Å². The van der Waals surface area contributed by atoms with E-state index in [1.54, 1.807) is 12.1 Å². The average molecular weight is 369 g/mol. The van der Waals surface area contributed by atoms with Crippen LogP contribution in [0.1, 0.15) is 16.1 Å². The van der Waals surface area contributed by atoms with E-state index in [4.69, 9.17) is 4.42 Å². The van der Waals surface area contributed by atoms with Gasteiger partial charge in [-0.3, -0.25) is 14.9 Å². The maximum Gasteiger partial charge on any atom is 0.433 e. The molecule has 0 saturated carbocycles. The second-order valence-corrected chi connectivity index (χ2v) is 4.88. The SMILES string of the molecule is O=C(C=Cc1ccc([N+](=O)[O-])o1)c1ccc(I)cc1. The minimum Gasteiger partial charge on any atom is -0.401 e. The molecule has 0 N–H and O–H groups in total. The number of allylic oxidation sites excluding steroid dienone is 1. The highest BCUT2D eigenvalue weighted by Gasteiger charge is 2.10. The molecule has 2 rings (SSSR count). The lowest BCUT2D eigenvalue weighted by molar-refractivity contribution is -0.402. The third-order valence-corrected chi connectivity index (χ3v) is 3.04. The number of rotatable bonds is 4. The largest absolute Gasteiger partial charge is 0.433 e. The molecule has 0 bridgehead atoms. The van der Waals surface area contributed by atoms with Gasteiger partial charge < -0.3 is 4.42 Å². The summed E-state index contributed by atoms with van der Waals surface area (Å²) in [5, 5.41) is 10.4. The third-order valence-electron chi connectivity index (χ3n) is 2.32. The summed E-state index contributed by atoms with van der Waals surface area (Å²) in [4.78, 5) is 21.6. The molecule has 96 valence electrons. The van der Waals surface area contributed by atoms with E-state index in [1.807, 2.05) is 12.1 Å². The summed E-state index contributed by atoms with van der Waals surface area (Å²) in [5.74, 6) is -0.262. The van der Waals surface area contributed by atoms with Gasteiger partial charge in [0.1, 0.15) is 10.7 Å². The van der Waals surface area contributed by atoms with Crippen LogP contribution < -0.4 is 0 Å². The zero-order chi connectivity index (χ0) is 13.8. The van der Waals surface area contributed by atoms with Crippen molar-refractivity contribution >= 4 is 40.3 Å². The fourth-order valence-electron chi connectivity index (χ4n) is 1.40. The lowest BCUT2D eigenvalue weighted by Crippen LogP contribution is -1.93. The molecule has 1 aromatic heterocycles. The number of ketones is 1. The first-order chi connectivity index (χ1) is 9.06. The number of hydrogen-bond acceptors (Lipinski definition) is 4. The number of carbonyl (C=O) groups excluding carboxylic acids is 1. The van der Waals surface area contributed by atoms with Crippen LogP contribution in [0.5, 0.6) is 0 Å². The van der Waals surface area contributed by atoms with E-state index in [0.29, 0.717) is 5.56 Å². The smallest absolute Gasteiger partial charge is 0.401 e. The highest BCUT2D eigenvalue weighted by atomic mass is 127. The van der Waals surface area contributed by atoms with Crippen LogP contribution in [0.4, 0.5) is 5.88 Å². The average Bonchev–Trinajstić information content (AvgIpc) is 2.86. The Morgan fingerprint density at radius 2 is 1.89 bits per heavy atom. The third kappa shape index (κ3) is 3.50. The molecule has 0 amide bonds. The lowest BCUT2D eigenvalue weighted by atomic mass is 10.1. The van der Waals surface area contributed by atoms with Crippen molar-refractivity contribution in [3.8, 4) is 0 Å². The summed E-state index contributed by atoms with van der Waals surface area (Å²) < 4.78 is 5.95. The van der Waals surface area contributed by atoms with Gasteiger partial charge in [0.2, 0.25) is 0 Å². The van der Waals surface area contributed by atoms with E-state index >= 15 is 0 Å². The van der Waals surface area contributed by atoms with Crippen LogP contribution in [-0.2, 0) is 0 Å². The number of hydrogen-bond donors (Lipinski definition) is 0. The Hall–Kier alpha value is -1.96. The van der Waals surface area contributed by atoms with E-state index < -0.39 is 4.92 Å². The van der Waals surface area contributed by atoms with E-state index in [0.717, 1.165) is 3.57 Å². The first-order valence-corrected chi connectivity index (χ1v) is 6.36. The Kier molecular flexibility index (Phi) is 4.10. The van der Waals surface area contributed by atoms with Crippen LogP contribution in [0.3, 0.4) is 0 Å². The molecule has 0 spiro atoms. The van der Waals surface area contributed by atoms with Crippen LogP contribution >= 0.6 is 22.6 Å². The summed E-state index contributed by atoms with van der Waals surface area (Å²) in [6.07, 6.45) is 2.73. The van der Waals surface area contributed by atoms with Gasteiger partial charge in [0.15, 0.2) is 5.78 Å². The van der Waals surface area contributed by atoms with E-state index in [1.165, 1.54) is 24.3 Å². The Morgan fingerprint density at radius 1 is 1.21 bits per heavy atom. The molecule has 1 aromatic carbocycles. The van der Waals surface area contributed by atoms with Gasteiger partial charge in [0.25, 0.3) is 0 Å². The maximum absolute atomic E-state index is 11.8. The molecule has 1 heterocycles. The van der Waals surface area contributed by atoms with Gasteiger partial charge in [0, 0.05) is 9.13 Å². The Bertz CT molecular complexity index is 643. The van der Waals surface area contributed by atoms with E-state index in [2.05, 4.69) is 22.6 Å². The van der Waals surface area contributed by atoms with Crippen molar-refractivity contribution in [1.29, 1.82) is 0 Å². The predicted molar refractivity (Wildman–Crippen MR) is 77.9 cm³/mol. The van der Waals surface area contributed by atoms with E-state index in [-0.39, 0.29) is 17.4 Å². The lowest BCUT2D eigenvalue weighted by Gasteiger charge is -1.95. The van der Waals surface area contributed by atoms with Crippen LogP contribution in [0.25, 0.3) is 6.08 Å². The number of carbonyl (C=O) groups is 1. The summed E-state index contributed by atoms with van der Waals surface area (Å²) in [6, 6.07) is 9.79. The highest BCUT2D eigenvalue weighted by molar-refractivity contribution is 14.1. The first-order valence-electron chi connectivity index (χ1n) is 5.28. The van der Waals surface area contributed by atoms with Crippen LogP contribution in [0.15, 0.2) is 46.9 Å². The fourth-order valence-corrected chi connectivity index (χ4v) is 1.76. The topological polar surface area (TPSA) is 73.3 Å². The molecular formula is C13H8INO4. The zero-order valence-corrected chi connectivity index (χ0v) is 11.7. The van der Waals surface area contributed by atoms with Crippen LogP contribution in [-0.4, -0.2) is 10.7 Å². The fraction of sp³-hybridized carbons (Fsp3) is 0. The summed E-state index contributed by atoms with van der Waals surface area (Å²) in [6.45, 7) is 0. The quantitative estimate of drug-likeness (QED) is 0.271. The Labute approximate surface area is 122 Å². The summed E-state index contributed by atoms with van der Waals surface area (Å²) >= 11 is 2.15. The van der Waals surface area contributed by atoms with Gasteiger partial charge in [0.05, 0.1) is 6.07 Å². The van der Waals surface area contributed by atoms with E-state index in [9.17, 15) is 14.9 Å². The molecule has 0 atom stereocenters. The molecule has 0 aliphatic rings. The van der Waals surface area contributed by atoms with Crippen molar-refractivity contribution in [2.75, 3.05) is 0 Å². The van der Waals surface area contributed by atoms with Crippen molar-refractivity contribution in [1.82, 2.24) is 0 Å². The number of nitrogens with zero attached hydrogens (tertiary/aromatic N) is 1. The molecule has 5 nitrogen and oxygen atoms in total. The molecule has 2 aromatic rings. The predicted octanol–water partition coefficient (Wildman–Crippen LogP) is 3.69. The normalized spacial score (nSPS) is 10.8. The molecule has 0 fully saturated rings. The first kappa shape index (κ1) is 13.5. The number of halogens is 1. The molecule has 0 aliphatic heterocycles. The Morgan fingerprint density at radius 3 is 2.47 bits per heavy atom. The van der Waals surface area contributed by atoms with Gasteiger partial charge >= 0.3 is 5.88 Å². The van der Waals surface area contributed by atoms with Gasteiger partial charge in [-0.25, -0.2) is 0 Å². The minimum atomic E-state index is -0.627. The summed E-state index contributed by atoms with van der Waals surface area (Å²) in [7, 11) is 0. The summed E-state index contributed by atoms with van der Waals surface area (Å²) in [5.41, 5.74) is 0.553. The van der Waals surface area contributed by atoms with Crippen molar-refractivity contribution in [3.63, 3.8) is 0 Å². The second kappa shape index (κ2) is 5.79. The number of furan rings is 1. The molecule has 0 saturated heterocycles. The van der Waals surface area contributed by atoms with Crippen molar-refractivity contribution in [2.24, 2.45) is 0 Å². The van der Waals surface area contributed by atoms with Gasteiger partial charge in [-0.2, -0.15) is 0 Å². The monoisotopic (exact) mass is 369 g/mol. The van der Waals surface area contributed by atoms with Crippen molar-refractivity contribution in [2.45, 2.75) is 0 Å². The second-order valence-electron chi connectivity index (χ2n) is 3.64. The van der Waals surface area contributed by atoms with Crippen molar-refractivity contribution < 1.29 is 14.1 Å². The molecule has 6 heteroatoms. The Balaban J connectivity index is 2.11. The zero-order valence-electron chi connectivity index (χ0n) is 9.58. The number of benzene rings is 1.